The molecule has 0 aliphatic heterocycles. The van der Waals surface area contributed by atoms with Gasteiger partial charge in [-0.15, -0.1) is 0 Å². The SMILES string of the molecule is N#Cc1c(-c2ccc(Cl)c(Cl)c2)cc(-c2ccc(Cl)c(Cl)c2)nc1N. The van der Waals surface area contributed by atoms with Crippen molar-refractivity contribution in [3.05, 3.63) is 68.1 Å². The zero-order valence-corrected chi connectivity index (χ0v) is 15.5. The molecule has 0 bridgehead atoms. The molecule has 2 N–H and O–H groups in total. The van der Waals surface area contributed by atoms with Gasteiger partial charge in [-0.2, -0.15) is 5.26 Å². The third-order valence-corrected chi connectivity index (χ3v) is 5.08. The number of nitriles is 1. The quantitative estimate of drug-likeness (QED) is 0.527. The van der Waals surface area contributed by atoms with E-state index in [1.165, 1.54) is 0 Å². The Labute approximate surface area is 164 Å². The van der Waals surface area contributed by atoms with E-state index < -0.39 is 0 Å². The van der Waals surface area contributed by atoms with Crippen LogP contribution in [0.3, 0.4) is 0 Å². The van der Waals surface area contributed by atoms with Crippen LogP contribution in [0.1, 0.15) is 5.56 Å². The van der Waals surface area contributed by atoms with Gasteiger partial charge in [-0.1, -0.05) is 58.5 Å². The van der Waals surface area contributed by atoms with E-state index in [0.717, 1.165) is 5.56 Å². The van der Waals surface area contributed by atoms with Crippen molar-refractivity contribution in [1.82, 2.24) is 4.98 Å². The minimum absolute atomic E-state index is 0.118. The molecule has 0 aliphatic rings. The molecule has 0 aliphatic carbocycles. The van der Waals surface area contributed by atoms with E-state index in [1.54, 1.807) is 42.5 Å². The number of rotatable bonds is 2. The van der Waals surface area contributed by atoms with Crippen molar-refractivity contribution in [2.45, 2.75) is 0 Å². The molecule has 2 aromatic carbocycles. The Morgan fingerprint density at radius 3 is 1.92 bits per heavy atom. The van der Waals surface area contributed by atoms with E-state index in [4.69, 9.17) is 52.1 Å². The summed E-state index contributed by atoms with van der Waals surface area (Å²) in [5.41, 5.74) is 8.87. The standard InChI is InChI=1S/C18H9Cl4N3/c19-13-3-1-9(5-15(13)21)11-7-17(25-18(24)12(11)8-23)10-2-4-14(20)16(22)6-10/h1-7H,(H2,24,25). The third kappa shape index (κ3) is 3.53. The van der Waals surface area contributed by atoms with Crippen molar-refractivity contribution in [3.63, 3.8) is 0 Å². The minimum Gasteiger partial charge on any atom is -0.383 e. The van der Waals surface area contributed by atoms with E-state index in [9.17, 15) is 5.26 Å². The molecule has 7 heteroatoms. The summed E-state index contributed by atoms with van der Waals surface area (Å²) in [5.74, 6) is 0.118. The second-order valence-electron chi connectivity index (χ2n) is 5.18. The van der Waals surface area contributed by atoms with Crippen LogP contribution < -0.4 is 5.73 Å². The monoisotopic (exact) mass is 407 g/mol. The molecule has 3 nitrogen and oxygen atoms in total. The lowest BCUT2D eigenvalue weighted by atomic mass is 9.98. The summed E-state index contributed by atoms with van der Waals surface area (Å²) in [6.07, 6.45) is 0. The van der Waals surface area contributed by atoms with Gasteiger partial charge in [0.05, 0.1) is 25.8 Å². The van der Waals surface area contributed by atoms with Crippen LogP contribution >= 0.6 is 46.4 Å². The largest absolute Gasteiger partial charge is 0.383 e. The fourth-order valence-electron chi connectivity index (χ4n) is 2.38. The summed E-state index contributed by atoms with van der Waals surface area (Å²) in [4.78, 5) is 4.31. The molecule has 25 heavy (non-hydrogen) atoms. The zero-order valence-electron chi connectivity index (χ0n) is 12.5. The van der Waals surface area contributed by atoms with Crippen molar-refractivity contribution in [3.8, 4) is 28.5 Å². The molecule has 0 fully saturated rings. The predicted molar refractivity (Wildman–Crippen MR) is 104 cm³/mol. The van der Waals surface area contributed by atoms with Gasteiger partial charge in [-0.3, -0.25) is 0 Å². The Bertz CT molecular complexity index is 1030. The number of pyridine rings is 1. The summed E-state index contributed by atoms with van der Waals surface area (Å²) < 4.78 is 0. The average molecular weight is 409 g/mol. The molecule has 0 amide bonds. The highest BCUT2D eigenvalue weighted by Gasteiger charge is 2.15. The number of hydrogen-bond acceptors (Lipinski definition) is 3. The van der Waals surface area contributed by atoms with Crippen LogP contribution in [-0.4, -0.2) is 4.98 Å². The van der Waals surface area contributed by atoms with E-state index in [-0.39, 0.29) is 11.4 Å². The first-order valence-corrected chi connectivity index (χ1v) is 8.53. The van der Waals surface area contributed by atoms with E-state index in [0.29, 0.717) is 36.9 Å². The van der Waals surface area contributed by atoms with Crippen molar-refractivity contribution in [2.24, 2.45) is 0 Å². The van der Waals surface area contributed by atoms with Gasteiger partial charge in [-0.05, 0) is 35.9 Å². The van der Waals surface area contributed by atoms with Crippen LogP contribution in [0.25, 0.3) is 22.4 Å². The van der Waals surface area contributed by atoms with Gasteiger partial charge >= 0.3 is 0 Å². The molecule has 0 atom stereocenters. The Balaban J connectivity index is 2.24. The Morgan fingerprint density at radius 2 is 1.36 bits per heavy atom. The van der Waals surface area contributed by atoms with Crippen molar-refractivity contribution < 1.29 is 0 Å². The van der Waals surface area contributed by atoms with Crippen molar-refractivity contribution in [2.75, 3.05) is 5.73 Å². The Kier molecular flexibility index (Phi) is 5.08. The molecule has 0 saturated heterocycles. The number of nitrogen functional groups attached to an aromatic ring is 1. The molecule has 1 aromatic heterocycles. The van der Waals surface area contributed by atoms with E-state index in [2.05, 4.69) is 11.1 Å². The fraction of sp³-hybridized carbons (Fsp3) is 0. The minimum atomic E-state index is 0.118. The van der Waals surface area contributed by atoms with Crippen LogP contribution in [-0.2, 0) is 0 Å². The van der Waals surface area contributed by atoms with Crippen LogP contribution in [0.2, 0.25) is 20.1 Å². The molecule has 124 valence electrons. The highest BCUT2D eigenvalue weighted by molar-refractivity contribution is 6.42. The van der Waals surface area contributed by atoms with Crippen LogP contribution in [0, 0.1) is 11.3 Å². The number of aromatic nitrogens is 1. The van der Waals surface area contributed by atoms with Crippen LogP contribution in [0.5, 0.6) is 0 Å². The number of anilines is 1. The summed E-state index contributed by atoms with van der Waals surface area (Å²) in [6.45, 7) is 0. The molecule has 0 spiro atoms. The normalized spacial score (nSPS) is 10.5. The van der Waals surface area contributed by atoms with Gasteiger partial charge in [0.2, 0.25) is 0 Å². The van der Waals surface area contributed by atoms with Gasteiger partial charge in [0.1, 0.15) is 17.5 Å². The molecule has 0 unspecified atom stereocenters. The lowest BCUT2D eigenvalue weighted by Gasteiger charge is -2.11. The zero-order chi connectivity index (χ0) is 18.1. The van der Waals surface area contributed by atoms with Crippen molar-refractivity contribution >= 4 is 52.2 Å². The predicted octanol–water partition coefficient (Wildman–Crippen LogP) is 6.48. The highest BCUT2D eigenvalue weighted by Crippen LogP contribution is 2.35. The number of nitrogens with zero attached hydrogens (tertiary/aromatic N) is 2. The van der Waals surface area contributed by atoms with Gasteiger partial charge in [-0.25, -0.2) is 4.98 Å². The van der Waals surface area contributed by atoms with Gasteiger partial charge < -0.3 is 5.73 Å². The topological polar surface area (TPSA) is 62.7 Å². The van der Waals surface area contributed by atoms with Crippen molar-refractivity contribution in [1.29, 1.82) is 5.26 Å². The fourth-order valence-corrected chi connectivity index (χ4v) is 2.97. The number of hydrogen-bond donors (Lipinski definition) is 1. The Hall–Kier alpha value is -1.96. The molecule has 1 heterocycles. The van der Waals surface area contributed by atoms with Crippen LogP contribution in [0.15, 0.2) is 42.5 Å². The van der Waals surface area contributed by atoms with Crippen LogP contribution in [0.4, 0.5) is 5.82 Å². The highest BCUT2D eigenvalue weighted by atomic mass is 35.5. The first kappa shape index (κ1) is 17.8. The third-order valence-electron chi connectivity index (χ3n) is 3.61. The first-order chi connectivity index (χ1) is 11.9. The Morgan fingerprint density at radius 1 is 0.800 bits per heavy atom. The molecule has 3 aromatic rings. The summed E-state index contributed by atoms with van der Waals surface area (Å²) in [7, 11) is 0. The maximum absolute atomic E-state index is 9.46. The molecule has 0 saturated carbocycles. The second-order valence-corrected chi connectivity index (χ2v) is 6.81. The van der Waals surface area contributed by atoms with Gasteiger partial charge in [0.25, 0.3) is 0 Å². The lowest BCUT2D eigenvalue weighted by molar-refractivity contribution is 1.31. The summed E-state index contributed by atoms with van der Waals surface area (Å²) in [6, 6.07) is 14.1. The van der Waals surface area contributed by atoms with E-state index in [1.807, 2.05) is 0 Å². The molecule has 3 rings (SSSR count). The lowest BCUT2D eigenvalue weighted by Crippen LogP contribution is -2.00. The first-order valence-electron chi connectivity index (χ1n) is 7.02. The van der Waals surface area contributed by atoms with Gasteiger partial charge in [0, 0.05) is 11.1 Å². The number of halogens is 4. The maximum Gasteiger partial charge on any atom is 0.142 e. The number of benzene rings is 2. The summed E-state index contributed by atoms with van der Waals surface area (Å²) >= 11 is 24.1. The van der Waals surface area contributed by atoms with E-state index >= 15 is 0 Å². The second kappa shape index (κ2) is 7.11. The molecule has 0 radical (unpaired) electrons. The number of nitrogens with two attached hydrogens (primary N) is 1. The molecular weight excluding hydrogens is 400 g/mol. The molecular formula is C18H9Cl4N3. The smallest absolute Gasteiger partial charge is 0.142 e. The summed E-state index contributed by atoms with van der Waals surface area (Å²) in [5, 5.41) is 11.1. The average Bonchev–Trinajstić information content (AvgIpc) is 2.59. The maximum atomic E-state index is 9.46. The van der Waals surface area contributed by atoms with Gasteiger partial charge in [0.15, 0.2) is 0 Å².